The molecule has 12 aromatic rings. The van der Waals surface area contributed by atoms with E-state index in [1.165, 1.54) is 65.0 Å². The molecule has 0 bridgehead atoms. The Morgan fingerprint density at radius 2 is 0.613 bits per heavy atom. The molecular formula is C59H37N3. The number of aromatic nitrogens is 3. The molecule has 1 aromatic heterocycles. The first-order chi connectivity index (χ1) is 30.7. The van der Waals surface area contributed by atoms with E-state index in [0.29, 0.717) is 17.5 Å². The number of hydrogen-bond acceptors (Lipinski definition) is 3. The van der Waals surface area contributed by atoms with Crippen molar-refractivity contribution in [1.82, 2.24) is 15.0 Å². The molecule has 0 unspecified atom stereocenters. The monoisotopic (exact) mass is 787 g/mol. The average molecular weight is 788 g/mol. The van der Waals surface area contributed by atoms with Crippen molar-refractivity contribution >= 4 is 53.9 Å². The molecule has 0 atom stereocenters. The number of fused-ring (bicyclic) bond motifs is 6. The molecule has 12 rings (SSSR count). The summed E-state index contributed by atoms with van der Waals surface area (Å²) in [6.45, 7) is 0. The molecule has 0 aliphatic heterocycles. The second-order valence-electron chi connectivity index (χ2n) is 16.0. The molecule has 0 aliphatic rings. The van der Waals surface area contributed by atoms with Crippen molar-refractivity contribution in [2.45, 2.75) is 0 Å². The molecule has 3 heteroatoms. The molecular weight excluding hydrogens is 751 g/mol. The van der Waals surface area contributed by atoms with Crippen LogP contribution >= 0.6 is 0 Å². The Morgan fingerprint density at radius 3 is 1.40 bits per heavy atom. The van der Waals surface area contributed by atoms with Crippen LogP contribution in [0.15, 0.2) is 224 Å². The zero-order chi connectivity index (χ0) is 41.0. The highest BCUT2D eigenvalue weighted by Crippen LogP contribution is 2.37. The van der Waals surface area contributed by atoms with Crippen LogP contribution in [0.3, 0.4) is 0 Å². The van der Waals surface area contributed by atoms with Gasteiger partial charge in [-0.1, -0.05) is 194 Å². The summed E-state index contributed by atoms with van der Waals surface area (Å²) in [5.41, 5.74) is 9.69. The standard InChI is InChI=1S/C59H37N3/c1-2-14-42-34-48(30-23-38(42)11-1)54-20-7-8-21-55(54)59-61-57(60-58(62-59)50-32-26-41-25-24-40-13-4-6-19-52(40)56(41)37-50)49-17-9-16-43(36-49)44-27-28-46-35-47(31-29-45(46)33-44)53-22-10-15-39-12-3-5-18-51(39)53/h1-37H. The normalized spacial score (nSPS) is 11.5. The van der Waals surface area contributed by atoms with Crippen molar-refractivity contribution in [3.05, 3.63) is 224 Å². The SMILES string of the molecule is c1cc(-c2ccc3cc(-c4cccc5ccccc45)ccc3c2)cc(-c2nc(-c3ccc4ccc5ccccc5c4c3)nc(-c3ccccc3-c3ccc4ccccc4c3)n2)c1. The zero-order valence-electron chi connectivity index (χ0n) is 33.7. The Morgan fingerprint density at radius 1 is 0.194 bits per heavy atom. The van der Waals surface area contributed by atoms with Crippen LogP contribution in [0.4, 0.5) is 0 Å². The van der Waals surface area contributed by atoms with E-state index in [0.717, 1.165) is 38.9 Å². The summed E-state index contributed by atoms with van der Waals surface area (Å²) >= 11 is 0. The number of nitrogens with zero attached hydrogens (tertiary/aromatic N) is 3. The highest BCUT2D eigenvalue weighted by molar-refractivity contribution is 6.08. The molecule has 1 heterocycles. The predicted octanol–water partition coefficient (Wildman–Crippen LogP) is 15.6. The van der Waals surface area contributed by atoms with E-state index in [9.17, 15) is 0 Å². The Hall–Kier alpha value is -8.27. The van der Waals surface area contributed by atoms with Crippen LogP contribution in [0.2, 0.25) is 0 Å². The van der Waals surface area contributed by atoms with E-state index < -0.39 is 0 Å². The van der Waals surface area contributed by atoms with Gasteiger partial charge in [0.05, 0.1) is 0 Å². The molecule has 0 fully saturated rings. The lowest BCUT2D eigenvalue weighted by Crippen LogP contribution is -2.01. The van der Waals surface area contributed by atoms with Crippen LogP contribution in [-0.4, -0.2) is 15.0 Å². The topological polar surface area (TPSA) is 38.7 Å². The Labute approximate surface area is 359 Å². The highest BCUT2D eigenvalue weighted by atomic mass is 15.0. The van der Waals surface area contributed by atoms with Crippen molar-refractivity contribution in [3.8, 4) is 67.5 Å². The largest absolute Gasteiger partial charge is 0.208 e. The summed E-state index contributed by atoms with van der Waals surface area (Å²) < 4.78 is 0. The van der Waals surface area contributed by atoms with Crippen molar-refractivity contribution in [3.63, 3.8) is 0 Å². The summed E-state index contributed by atoms with van der Waals surface area (Å²) in [6.07, 6.45) is 0. The van der Waals surface area contributed by atoms with Gasteiger partial charge >= 0.3 is 0 Å². The van der Waals surface area contributed by atoms with E-state index in [4.69, 9.17) is 15.0 Å². The second kappa shape index (κ2) is 14.8. The Bertz CT molecular complexity index is 3710. The van der Waals surface area contributed by atoms with E-state index in [1.807, 2.05) is 0 Å². The molecule has 62 heavy (non-hydrogen) atoms. The van der Waals surface area contributed by atoms with Gasteiger partial charge < -0.3 is 0 Å². The fourth-order valence-corrected chi connectivity index (χ4v) is 9.09. The number of hydrogen-bond donors (Lipinski definition) is 0. The van der Waals surface area contributed by atoms with Crippen molar-refractivity contribution in [1.29, 1.82) is 0 Å². The first kappa shape index (κ1) is 35.7. The Balaban J connectivity index is 0.984. The quantitative estimate of drug-likeness (QED) is 0.158. The molecule has 0 spiro atoms. The molecule has 0 saturated carbocycles. The minimum atomic E-state index is 0.624. The van der Waals surface area contributed by atoms with Crippen LogP contribution in [0.1, 0.15) is 0 Å². The van der Waals surface area contributed by atoms with Gasteiger partial charge in [-0.15, -0.1) is 0 Å². The number of rotatable bonds is 6. The van der Waals surface area contributed by atoms with Crippen molar-refractivity contribution < 1.29 is 0 Å². The summed E-state index contributed by atoms with van der Waals surface area (Å²) in [6, 6.07) is 80.2. The first-order valence-electron chi connectivity index (χ1n) is 21.1. The summed E-state index contributed by atoms with van der Waals surface area (Å²) in [4.78, 5) is 15.8. The van der Waals surface area contributed by atoms with Crippen LogP contribution in [0.25, 0.3) is 121 Å². The third kappa shape index (κ3) is 6.36. The molecule has 0 radical (unpaired) electrons. The molecule has 0 N–H and O–H groups in total. The van der Waals surface area contributed by atoms with Crippen molar-refractivity contribution in [2.75, 3.05) is 0 Å². The van der Waals surface area contributed by atoms with E-state index in [2.05, 4.69) is 224 Å². The van der Waals surface area contributed by atoms with E-state index in [1.54, 1.807) is 0 Å². The molecule has 288 valence electrons. The van der Waals surface area contributed by atoms with Crippen LogP contribution in [-0.2, 0) is 0 Å². The summed E-state index contributed by atoms with van der Waals surface area (Å²) in [5.74, 6) is 1.88. The minimum Gasteiger partial charge on any atom is -0.208 e. The highest BCUT2D eigenvalue weighted by Gasteiger charge is 2.17. The van der Waals surface area contributed by atoms with Crippen molar-refractivity contribution in [2.24, 2.45) is 0 Å². The lowest BCUT2D eigenvalue weighted by molar-refractivity contribution is 1.07. The van der Waals surface area contributed by atoms with Gasteiger partial charge in [-0.3, -0.25) is 0 Å². The van der Waals surface area contributed by atoms with Gasteiger partial charge in [0.2, 0.25) is 0 Å². The second-order valence-corrected chi connectivity index (χ2v) is 16.0. The van der Waals surface area contributed by atoms with E-state index in [-0.39, 0.29) is 0 Å². The van der Waals surface area contributed by atoms with Gasteiger partial charge in [-0.2, -0.15) is 0 Å². The third-order valence-corrected chi connectivity index (χ3v) is 12.3. The van der Waals surface area contributed by atoms with Gasteiger partial charge in [-0.25, -0.2) is 15.0 Å². The first-order valence-corrected chi connectivity index (χ1v) is 21.1. The summed E-state index contributed by atoms with van der Waals surface area (Å²) in [5, 5.41) is 12.1. The van der Waals surface area contributed by atoms with Crippen LogP contribution < -0.4 is 0 Å². The molecule has 3 nitrogen and oxygen atoms in total. The van der Waals surface area contributed by atoms with Gasteiger partial charge in [0.1, 0.15) is 0 Å². The van der Waals surface area contributed by atoms with Crippen LogP contribution in [0.5, 0.6) is 0 Å². The van der Waals surface area contributed by atoms with Gasteiger partial charge in [0.25, 0.3) is 0 Å². The summed E-state index contributed by atoms with van der Waals surface area (Å²) in [7, 11) is 0. The maximum absolute atomic E-state index is 5.28. The lowest BCUT2D eigenvalue weighted by Gasteiger charge is -2.14. The maximum Gasteiger partial charge on any atom is 0.164 e. The average Bonchev–Trinajstić information content (AvgIpc) is 3.35. The minimum absolute atomic E-state index is 0.624. The predicted molar refractivity (Wildman–Crippen MR) is 260 cm³/mol. The van der Waals surface area contributed by atoms with Gasteiger partial charge in [0, 0.05) is 16.7 Å². The maximum atomic E-state index is 5.28. The zero-order valence-corrected chi connectivity index (χ0v) is 33.7. The fraction of sp³-hybridized carbons (Fsp3) is 0. The Kier molecular flexibility index (Phi) is 8.50. The van der Waals surface area contributed by atoms with Gasteiger partial charge in [-0.05, 0) is 118 Å². The molecule has 0 aliphatic carbocycles. The van der Waals surface area contributed by atoms with Crippen LogP contribution in [0, 0.1) is 0 Å². The third-order valence-electron chi connectivity index (χ3n) is 12.3. The van der Waals surface area contributed by atoms with E-state index >= 15 is 0 Å². The molecule has 0 amide bonds. The number of benzene rings is 11. The molecule has 0 saturated heterocycles. The lowest BCUT2D eigenvalue weighted by atomic mass is 9.94. The van der Waals surface area contributed by atoms with Gasteiger partial charge in [0.15, 0.2) is 17.5 Å². The molecule has 11 aromatic carbocycles. The fourth-order valence-electron chi connectivity index (χ4n) is 9.09. The smallest absolute Gasteiger partial charge is 0.164 e.